The highest BCUT2D eigenvalue weighted by Crippen LogP contribution is 2.21. The van der Waals surface area contributed by atoms with E-state index < -0.39 is 33.7 Å². The molecule has 0 aliphatic rings. The van der Waals surface area contributed by atoms with Crippen molar-refractivity contribution in [3.05, 3.63) is 39.4 Å². The zero-order valence-corrected chi connectivity index (χ0v) is 11.4. The Kier molecular flexibility index (Phi) is 6.16. The first-order valence-electron chi connectivity index (χ1n) is 6.39. The quantitative estimate of drug-likeness (QED) is 0.458. The molecule has 0 aromatic heterocycles. The Hall–Kier alpha value is -2.09. The fraction of sp³-hybridized carbons (Fsp3) is 0.462. The number of amides is 1. The molecule has 0 radical (unpaired) electrons. The molecule has 2 N–H and O–H groups in total. The van der Waals surface area contributed by atoms with E-state index in [1.807, 2.05) is 6.92 Å². The number of hydrogen-bond acceptors (Lipinski definition) is 4. The molecule has 8 heteroatoms. The number of nitrogens with zero attached hydrogens (tertiary/aromatic N) is 1. The summed E-state index contributed by atoms with van der Waals surface area (Å²) in [4.78, 5) is 21.1. The van der Waals surface area contributed by atoms with Crippen molar-refractivity contribution >= 4 is 11.6 Å². The first kappa shape index (κ1) is 17.0. The van der Waals surface area contributed by atoms with E-state index in [-0.39, 0.29) is 19.1 Å². The van der Waals surface area contributed by atoms with Gasteiger partial charge in [0.15, 0.2) is 0 Å². The van der Waals surface area contributed by atoms with E-state index in [0.717, 1.165) is 0 Å². The first-order valence-corrected chi connectivity index (χ1v) is 6.39. The van der Waals surface area contributed by atoms with Crippen molar-refractivity contribution in [2.45, 2.75) is 19.8 Å². The van der Waals surface area contributed by atoms with Crippen LogP contribution >= 0.6 is 0 Å². The van der Waals surface area contributed by atoms with Gasteiger partial charge in [-0.25, -0.2) is 4.39 Å². The van der Waals surface area contributed by atoms with Crippen LogP contribution in [0.25, 0.3) is 0 Å². The molecule has 1 aromatic carbocycles. The number of nitrogens with one attached hydrogen (secondary N) is 1. The predicted octanol–water partition coefficient (Wildman–Crippen LogP) is 2.01. The second-order valence-corrected chi connectivity index (χ2v) is 4.73. The van der Waals surface area contributed by atoms with Crippen molar-refractivity contribution in [1.29, 1.82) is 0 Å². The summed E-state index contributed by atoms with van der Waals surface area (Å²) in [7, 11) is 0. The molecule has 6 nitrogen and oxygen atoms in total. The molecule has 1 unspecified atom stereocenters. The number of hydrogen-bond donors (Lipinski definition) is 2. The van der Waals surface area contributed by atoms with Crippen molar-refractivity contribution in [2.24, 2.45) is 5.92 Å². The Labute approximate surface area is 119 Å². The predicted molar refractivity (Wildman–Crippen MR) is 70.8 cm³/mol. The summed E-state index contributed by atoms with van der Waals surface area (Å²) < 4.78 is 26.9. The molecule has 0 heterocycles. The number of aliphatic hydroxyl groups excluding tert-OH is 1. The fourth-order valence-electron chi connectivity index (χ4n) is 1.69. The van der Waals surface area contributed by atoms with Gasteiger partial charge in [-0.2, -0.15) is 4.39 Å². The largest absolute Gasteiger partial charge is 0.396 e. The van der Waals surface area contributed by atoms with Crippen molar-refractivity contribution in [1.82, 2.24) is 5.32 Å². The second-order valence-electron chi connectivity index (χ2n) is 4.73. The Bertz CT molecular complexity index is 537. The van der Waals surface area contributed by atoms with E-state index >= 15 is 0 Å². The monoisotopic (exact) mass is 302 g/mol. The SMILES string of the molecule is CC(CO)CCCNC(=O)c1cc(F)c([N+](=O)[O-])cc1F. The van der Waals surface area contributed by atoms with Gasteiger partial charge in [0.2, 0.25) is 5.82 Å². The lowest BCUT2D eigenvalue weighted by molar-refractivity contribution is -0.387. The van der Waals surface area contributed by atoms with Gasteiger partial charge in [-0.15, -0.1) is 0 Å². The van der Waals surface area contributed by atoms with E-state index in [9.17, 15) is 23.7 Å². The van der Waals surface area contributed by atoms with Gasteiger partial charge in [-0.3, -0.25) is 14.9 Å². The number of rotatable bonds is 7. The Morgan fingerprint density at radius 2 is 2.10 bits per heavy atom. The van der Waals surface area contributed by atoms with Crippen LogP contribution in [0, 0.1) is 27.7 Å². The summed E-state index contributed by atoms with van der Waals surface area (Å²) >= 11 is 0. The second kappa shape index (κ2) is 7.63. The summed E-state index contributed by atoms with van der Waals surface area (Å²) in [6.45, 7) is 2.12. The highest BCUT2D eigenvalue weighted by molar-refractivity contribution is 5.94. The maximum absolute atomic E-state index is 13.6. The molecule has 0 saturated heterocycles. The van der Waals surface area contributed by atoms with Crippen LogP contribution in [-0.4, -0.2) is 29.1 Å². The Morgan fingerprint density at radius 3 is 2.67 bits per heavy atom. The molecule has 1 aromatic rings. The maximum Gasteiger partial charge on any atom is 0.307 e. The van der Waals surface area contributed by atoms with Gasteiger partial charge in [0.1, 0.15) is 5.82 Å². The van der Waals surface area contributed by atoms with Gasteiger partial charge in [0.25, 0.3) is 5.91 Å². The molecule has 116 valence electrons. The molecule has 1 amide bonds. The summed E-state index contributed by atoms with van der Waals surface area (Å²) in [5.41, 5.74) is -1.59. The topological polar surface area (TPSA) is 92.5 Å². The van der Waals surface area contributed by atoms with Crippen LogP contribution in [0.1, 0.15) is 30.1 Å². The lowest BCUT2D eigenvalue weighted by Crippen LogP contribution is -2.26. The minimum absolute atomic E-state index is 0.0378. The number of benzene rings is 1. The van der Waals surface area contributed by atoms with Crippen molar-refractivity contribution in [3.8, 4) is 0 Å². The molecule has 0 aliphatic heterocycles. The number of nitro benzene ring substituents is 1. The van der Waals surface area contributed by atoms with Crippen molar-refractivity contribution in [3.63, 3.8) is 0 Å². The lowest BCUT2D eigenvalue weighted by Gasteiger charge is -2.09. The fourth-order valence-corrected chi connectivity index (χ4v) is 1.69. The standard InChI is InChI=1S/C13H16F2N2O4/c1-8(7-18)3-2-4-16-13(19)9-5-11(15)12(17(20)21)6-10(9)14/h5-6,8,18H,2-4,7H2,1H3,(H,16,19). The molecule has 1 rings (SSSR count). The third kappa shape index (κ3) is 4.75. The normalized spacial score (nSPS) is 12.0. The number of carbonyl (C=O) groups is 1. The lowest BCUT2D eigenvalue weighted by atomic mass is 10.1. The van der Waals surface area contributed by atoms with E-state index in [1.165, 1.54) is 0 Å². The average Bonchev–Trinajstić information content (AvgIpc) is 2.44. The first-order chi connectivity index (χ1) is 9.86. The van der Waals surface area contributed by atoms with Gasteiger partial charge >= 0.3 is 5.69 Å². The van der Waals surface area contributed by atoms with Gasteiger partial charge in [-0.05, 0) is 24.8 Å². The summed E-state index contributed by atoms with van der Waals surface area (Å²) in [6.07, 6.45) is 1.25. The number of halogens is 2. The van der Waals surface area contributed by atoms with Crippen LogP contribution in [-0.2, 0) is 0 Å². The summed E-state index contributed by atoms with van der Waals surface area (Å²) in [6, 6.07) is 0.900. The van der Waals surface area contributed by atoms with E-state index in [0.29, 0.717) is 25.0 Å². The molecular formula is C13H16F2N2O4. The zero-order valence-electron chi connectivity index (χ0n) is 11.4. The Morgan fingerprint density at radius 1 is 1.43 bits per heavy atom. The third-order valence-electron chi connectivity index (χ3n) is 2.95. The van der Waals surface area contributed by atoms with Gasteiger partial charge < -0.3 is 10.4 Å². The third-order valence-corrected chi connectivity index (χ3v) is 2.95. The number of nitro groups is 1. The molecular weight excluding hydrogens is 286 g/mol. The van der Waals surface area contributed by atoms with Crippen molar-refractivity contribution in [2.75, 3.05) is 13.2 Å². The summed E-state index contributed by atoms with van der Waals surface area (Å²) in [5, 5.41) is 21.7. The molecule has 0 spiro atoms. The van der Waals surface area contributed by atoms with Crippen molar-refractivity contribution < 1.29 is 23.6 Å². The molecule has 0 saturated carbocycles. The minimum Gasteiger partial charge on any atom is -0.396 e. The van der Waals surface area contributed by atoms with Gasteiger partial charge in [0.05, 0.1) is 16.6 Å². The van der Waals surface area contributed by atoms with E-state index in [4.69, 9.17) is 5.11 Å². The van der Waals surface area contributed by atoms with Crippen LogP contribution < -0.4 is 5.32 Å². The van der Waals surface area contributed by atoms with Crippen LogP contribution in [0.4, 0.5) is 14.5 Å². The molecule has 0 bridgehead atoms. The van der Waals surface area contributed by atoms with Gasteiger partial charge in [0, 0.05) is 13.2 Å². The van der Waals surface area contributed by atoms with Crippen LogP contribution in [0.15, 0.2) is 12.1 Å². The summed E-state index contributed by atoms with van der Waals surface area (Å²) in [5.74, 6) is -3.15. The van der Waals surface area contributed by atoms with Crippen LogP contribution in [0.2, 0.25) is 0 Å². The average molecular weight is 302 g/mol. The zero-order chi connectivity index (χ0) is 16.0. The number of aliphatic hydroxyl groups is 1. The van der Waals surface area contributed by atoms with Crippen LogP contribution in [0.3, 0.4) is 0 Å². The molecule has 0 fully saturated rings. The molecule has 0 aliphatic carbocycles. The van der Waals surface area contributed by atoms with E-state index in [2.05, 4.69) is 5.32 Å². The Balaban J connectivity index is 2.67. The maximum atomic E-state index is 13.6. The highest BCUT2D eigenvalue weighted by Gasteiger charge is 2.21. The number of carbonyl (C=O) groups excluding carboxylic acids is 1. The molecule has 1 atom stereocenters. The van der Waals surface area contributed by atoms with Crippen LogP contribution in [0.5, 0.6) is 0 Å². The van der Waals surface area contributed by atoms with Gasteiger partial charge in [-0.1, -0.05) is 6.92 Å². The van der Waals surface area contributed by atoms with E-state index in [1.54, 1.807) is 0 Å². The minimum atomic E-state index is -1.26. The smallest absolute Gasteiger partial charge is 0.307 e. The molecule has 21 heavy (non-hydrogen) atoms. The highest BCUT2D eigenvalue weighted by atomic mass is 19.1.